The van der Waals surface area contributed by atoms with E-state index in [1.54, 1.807) is 30.8 Å². The first-order valence-electron chi connectivity index (χ1n) is 6.21. The van der Waals surface area contributed by atoms with E-state index in [9.17, 15) is 9.18 Å². The number of esters is 1. The van der Waals surface area contributed by atoms with E-state index in [1.807, 2.05) is 0 Å². The van der Waals surface area contributed by atoms with Crippen LogP contribution in [0.5, 0.6) is 0 Å². The van der Waals surface area contributed by atoms with Crippen molar-refractivity contribution in [2.45, 2.75) is 36.6 Å². The first-order chi connectivity index (χ1) is 8.95. The van der Waals surface area contributed by atoms with Gasteiger partial charge in [-0.25, -0.2) is 4.39 Å². The third-order valence-corrected chi connectivity index (χ3v) is 3.92. The van der Waals surface area contributed by atoms with Gasteiger partial charge in [-0.3, -0.25) is 4.79 Å². The van der Waals surface area contributed by atoms with Crippen LogP contribution >= 0.6 is 11.8 Å². The smallest absolute Gasteiger partial charge is 0.325 e. The summed E-state index contributed by atoms with van der Waals surface area (Å²) in [6.07, 6.45) is 2.41. The Hall–Kier alpha value is -1.07. The molecule has 1 atom stereocenters. The van der Waals surface area contributed by atoms with Crippen LogP contribution in [0, 0.1) is 5.82 Å². The molecule has 0 aliphatic heterocycles. The van der Waals surface area contributed by atoms with E-state index < -0.39 is 5.54 Å². The van der Waals surface area contributed by atoms with Crippen molar-refractivity contribution in [1.29, 1.82) is 0 Å². The highest BCUT2D eigenvalue weighted by Gasteiger charge is 2.28. The second-order valence-electron chi connectivity index (χ2n) is 4.67. The van der Waals surface area contributed by atoms with E-state index >= 15 is 0 Å². The van der Waals surface area contributed by atoms with Crippen molar-refractivity contribution in [3.8, 4) is 0 Å². The van der Waals surface area contributed by atoms with Gasteiger partial charge in [0.25, 0.3) is 0 Å². The SMILES string of the molecule is COC(=O)C(C)(N)CCCCSc1ccc(F)cc1. The molecule has 106 valence electrons. The molecule has 0 aliphatic carbocycles. The van der Waals surface area contributed by atoms with Crippen molar-refractivity contribution >= 4 is 17.7 Å². The minimum absolute atomic E-state index is 0.221. The molecule has 0 bridgehead atoms. The lowest BCUT2D eigenvalue weighted by atomic mass is 9.97. The average Bonchev–Trinajstić information content (AvgIpc) is 2.39. The molecule has 0 heterocycles. The van der Waals surface area contributed by atoms with Crippen LogP contribution in [0.1, 0.15) is 26.2 Å². The Labute approximate surface area is 117 Å². The molecule has 0 spiro atoms. The van der Waals surface area contributed by atoms with Crippen LogP contribution in [0.4, 0.5) is 4.39 Å². The van der Waals surface area contributed by atoms with Crippen molar-refractivity contribution in [2.75, 3.05) is 12.9 Å². The van der Waals surface area contributed by atoms with Crippen molar-refractivity contribution in [2.24, 2.45) is 5.73 Å². The topological polar surface area (TPSA) is 52.3 Å². The minimum atomic E-state index is -0.907. The number of ether oxygens (including phenoxy) is 1. The summed E-state index contributed by atoms with van der Waals surface area (Å²) in [5, 5.41) is 0. The Kier molecular flexibility index (Phi) is 6.31. The summed E-state index contributed by atoms with van der Waals surface area (Å²) in [5.74, 6) is 0.322. The van der Waals surface area contributed by atoms with Crippen LogP contribution in [-0.4, -0.2) is 24.4 Å². The summed E-state index contributed by atoms with van der Waals surface area (Å²) in [5.41, 5.74) is 4.95. The molecule has 19 heavy (non-hydrogen) atoms. The number of carbonyl (C=O) groups is 1. The van der Waals surface area contributed by atoms with Crippen molar-refractivity contribution in [3.05, 3.63) is 30.1 Å². The van der Waals surface area contributed by atoms with Gasteiger partial charge in [0.2, 0.25) is 0 Å². The Balaban J connectivity index is 2.21. The Morgan fingerprint density at radius 1 is 1.37 bits per heavy atom. The zero-order chi connectivity index (χ0) is 14.3. The summed E-state index contributed by atoms with van der Waals surface area (Å²) in [4.78, 5) is 12.4. The molecule has 0 saturated carbocycles. The number of benzene rings is 1. The molecule has 3 nitrogen and oxygen atoms in total. The number of unbranched alkanes of at least 4 members (excludes halogenated alkanes) is 1. The van der Waals surface area contributed by atoms with E-state index in [-0.39, 0.29) is 11.8 Å². The second-order valence-corrected chi connectivity index (χ2v) is 5.84. The molecule has 0 saturated heterocycles. The van der Waals surface area contributed by atoms with Gasteiger partial charge in [0.1, 0.15) is 11.4 Å². The van der Waals surface area contributed by atoms with Gasteiger partial charge in [-0.15, -0.1) is 11.8 Å². The predicted octanol–water partition coefficient (Wildman–Crippen LogP) is 2.98. The van der Waals surface area contributed by atoms with E-state index in [0.717, 1.165) is 23.5 Å². The molecular weight excluding hydrogens is 265 g/mol. The lowest BCUT2D eigenvalue weighted by Gasteiger charge is -2.20. The Bertz CT molecular complexity index is 406. The van der Waals surface area contributed by atoms with Gasteiger partial charge < -0.3 is 10.5 Å². The number of halogens is 1. The third kappa shape index (κ3) is 5.61. The molecule has 0 amide bonds. The van der Waals surface area contributed by atoms with Crippen LogP contribution in [0.15, 0.2) is 29.2 Å². The highest BCUT2D eigenvalue weighted by atomic mass is 32.2. The fourth-order valence-electron chi connectivity index (χ4n) is 1.65. The average molecular weight is 285 g/mol. The molecule has 0 aromatic heterocycles. The highest BCUT2D eigenvalue weighted by molar-refractivity contribution is 7.99. The number of carbonyl (C=O) groups excluding carboxylic acids is 1. The summed E-state index contributed by atoms with van der Waals surface area (Å²) in [7, 11) is 1.35. The van der Waals surface area contributed by atoms with E-state index in [0.29, 0.717) is 6.42 Å². The first kappa shape index (κ1) is 16.0. The fraction of sp³-hybridized carbons (Fsp3) is 0.500. The van der Waals surface area contributed by atoms with Gasteiger partial charge >= 0.3 is 5.97 Å². The molecule has 0 radical (unpaired) electrons. The summed E-state index contributed by atoms with van der Waals surface area (Å²) < 4.78 is 17.4. The Morgan fingerprint density at radius 3 is 2.58 bits per heavy atom. The van der Waals surface area contributed by atoms with Crippen molar-refractivity contribution in [3.63, 3.8) is 0 Å². The van der Waals surface area contributed by atoms with E-state index in [2.05, 4.69) is 4.74 Å². The largest absolute Gasteiger partial charge is 0.468 e. The molecule has 1 unspecified atom stereocenters. The third-order valence-electron chi connectivity index (χ3n) is 2.82. The summed E-state index contributed by atoms with van der Waals surface area (Å²) >= 11 is 1.67. The molecule has 0 fully saturated rings. The highest BCUT2D eigenvalue weighted by Crippen LogP contribution is 2.21. The first-order valence-corrected chi connectivity index (χ1v) is 7.20. The number of hydrogen-bond donors (Lipinski definition) is 1. The van der Waals surface area contributed by atoms with Crippen molar-refractivity contribution in [1.82, 2.24) is 0 Å². The van der Waals surface area contributed by atoms with Gasteiger partial charge in [-0.05, 0) is 49.8 Å². The van der Waals surface area contributed by atoms with Gasteiger partial charge in [0.05, 0.1) is 7.11 Å². The maximum atomic E-state index is 12.7. The molecule has 1 aromatic rings. The van der Waals surface area contributed by atoms with Crippen LogP contribution < -0.4 is 5.73 Å². The number of nitrogens with two attached hydrogens (primary N) is 1. The Morgan fingerprint density at radius 2 is 2.00 bits per heavy atom. The van der Waals surface area contributed by atoms with Crippen LogP contribution in [0.2, 0.25) is 0 Å². The van der Waals surface area contributed by atoms with Gasteiger partial charge in [-0.2, -0.15) is 0 Å². The van der Waals surface area contributed by atoms with Crippen LogP contribution in [0.25, 0.3) is 0 Å². The normalized spacial score (nSPS) is 13.9. The lowest BCUT2D eigenvalue weighted by Crippen LogP contribution is -2.45. The van der Waals surface area contributed by atoms with E-state index in [4.69, 9.17) is 5.73 Å². The fourth-order valence-corrected chi connectivity index (χ4v) is 2.56. The van der Waals surface area contributed by atoms with E-state index in [1.165, 1.54) is 19.2 Å². The number of rotatable bonds is 7. The molecule has 0 aliphatic rings. The lowest BCUT2D eigenvalue weighted by molar-refractivity contribution is -0.146. The van der Waals surface area contributed by atoms with Gasteiger partial charge in [-0.1, -0.05) is 6.42 Å². The molecular formula is C14H20FNO2S. The standard InChI is InChI=1S/C14H20FNO2S/c1-14(16,13(17)18-2)9-3-4-10-19-12-7-5-11(15)6-8-12/h5-8H,3-4,9-10,16H2,1-2H3. The molecule has 2 N–H and O–H groups in total. The monoisotopic (exact) mass is 285 g/mol. The number of hydrogen-bond acceptors (Lipinski definition) is 4. The van der Waals surface area contributed by atoms with Crippen molar-refractivity contribution < 1.29 is 13.9 Å². The van der Waals surface area contributed by atoms with Gasteiger partial charge in [0, 0.05) is 4.90 Å². The van der Waals surface area contributed by atoms with Gasteiger partial charge in [0.15, 0.2) is 0 Å². The maximum absolute atomic E-state index is 12.7. The number of methoxy groups -OCH3 is 1. The molecule has 1 rings (SSSR count). The maximum Gasteiger partial charge on any atom is 0.325 e. The van der Waals surface area contributed by atoms with Crippen LogP contribution in [0.3, 0.4) is 0 Å². The quantitative estimate of drug-likeness (QED) is 0.475. The zero-order valence-electron chi connectivity index (χ0n) is 11.3. The van der Waals surface area contributed by atoms with Crippen LogP contribution in [-0.2, 0) is 9.53 Å². The molecule has 5 heteroatoms. The molecule has 1 aromatic carbocycles. The second kappa shape index (κ2) is 7.50. The summed E-state index contributed by atoms with van der Waals surface area (Å²) in [6.45, 7) is 1.69. The predicted molar refractivity (Wildman–Crippen MR) is 75.6 cm³/mol. The number of thioether (sulfide) groups is 1. The minimum Gasteiger partial charge on any atom is -0.468 e. The summed E-state index contributed by atoms with van der Waals surface area (Å²) in [6, 6.07) is 6.44. The zero-order valence-corrected chi connectivity index (χ0v) is 12.1.